The molecule has 23 heavy (non-hydrogen) atoms. The van der Waals surface area contributed by atoms with Crippen LogP contribution in [-0.2, 0) is 19.4 Å². The summed E-state index contributed by atoms with van der Waals surface area (Å²) in [7, 11) is 0. The van der Waals surface area contributed by atoms with Crippen molar-refractivity contribution in [2.75, 3.05) is 6.54 Å². The van der Waals surface area contributed by atoms with E-state index in [2.05, 4.69) is 11.0 Å². The molecule has 0 radical (unpaired) electrons. The average molecular weight is 310 g/mol. The Morgan fingerprint density at radius 3 is 2.70 bits per heavy atom. The number of hydrogen-bond acceptors (Lipinski definition) is 4. The molecule has 2 aliphatic rings. The van der Waals surface area contributed by atoms with Crippen molar-refractivity contribution in [3.05, 3.63) is 74.8 Å². The second-order valence-electron chi connectivity index (χ2n) is 6.31. The lowest BCUT2D eigenvalue weighted by Crippen LogP contribution is -2.41. The maximum atomic E-state index is 11.2. The van der Waals surface area contributed by atoms with Gasteiger partial charge in [0.15, 0.2) is 0 Å². The molecule has 1 N–H and O–H groups in total. The fourth-order valence-electron chi connectivity index (χ4n) is 3.95. The van der Waals surface area contributed by atoms with Gasteiger partial charge >= 0.3 is 0 Å². The Labute approximate surface area is 134 Å². The normalized spacial score (nSPS) is 23.3. The van der Waals surface area contributed by atoms with Crippen LogP contribution in [0.2, 0.25) is 0 Å². The van der Waals surface area contributed by atoms with Crippen molar-refractivity contribution in [1.82, 2.24) is 4.90 Å². The van der Waals surface area contributed by atoms with Crippen molar-refractivity contribution in [2.24, 2.45) is 0 Å². The zero-order chi connectivity index (χ0) is 16.0. The molecule has 0 amide bonds. The van der Waals surface area contributed by atoms with Gasteiger partial charge in [0.25, 0.3) is 5.69 Å². The minimum absolute atomic E-state index is 0.0554. The number of aliphatic hydroxyl groups excluding tert-OH is 1. The Hall–Kier alpha value is -2.24. The van der Waals surface area contributed by atoms with Crippen LogP contribution in [0.3, 0.4) is 0 Å². The molecule has 0 aromatic heterocycles. The molecule has 0 bridgehead atoms. The van der Waals surface area contributed by atoms with Gasteiger partial charge in [0.05, 0.1) is 11.0 Å². The van der Waals surface area contributed by atoms with Crippen LogP contribution in [0.15, 0.2) is 42.5 Å². The lowest BCUT2D eigenvalue weighted by molar-refractivity contribution is -0.385. The van der Waals surface area contributed by atoms with E-state index in [4.69, 9.17) is 0 Å². The predicted octanol–water partition coefficient (Wildman–Crippen LogP) is 2.61. The molecule has 1 heterocycles. The van der Waals surface area contributed by atoms with Crippen LogP contribution in [-0.4, -0.2) is 27.5 Å². The number of hydrogen-bond donors (Lipinski definition) is 1. The highest BCUT2D eigenvalue weighted by Gasteiger charge is 2.37. The summed E-state index contributed by atoms with van der Waals surface area (Å²) < 4.78 is 0. The lowest BCUT2D eigenvalue weighted by Gasteiger charge is -2.35. The predicted molar refractivity (Wildman–Crippen MR) is 86.1 cm³/mol. The van der Waals surface area contributed by atoms with Crippen molar-refractivity contribution in [1.29, 1.82) is 0 Å². The fraction of sp³-hybridized carbons (Fsp3) is 0.333. The zero-order valence-electron chi connectivity index (χ0n) is 12.7. The standard InChI is InChI=1S/C18H18N2O3/c21-18-15-6-2-1-4-12(15)10-17(18)19-9-8-14-13(11-19)5-3-7-16(14)20(22)23/h1-7,17-18,21H,8-11H2. The minimum atomic E-state index is -0.480. The molecule has 0 fully saturated rings. The summed E-state index contributed by atoms with van der Waals surface area (Å²) in [6.07, 6.45) is 1.01. The van der Waals surface area contributed by atoms with E-state index in [0.717, 1.165) is 29.7 Å². The molecule has 2 atom stereocenters. The molecule has 0 saturated carbocycles. The molecular formula is C18H18N2O3. The van der Waals surface area contributed by atoms with Crippen LogP contribution in [0.25, 0.3) is 0 Å². The quantitative estimate of drug-likeness (QED) is 0.684. The molecule has 2 aromatic carbocycles. The second-order valence-corrected chi connectivity index (χ2v) is 6.31. The average Bonchev–Trinajstić information content (AvgIpc) is 2.91. The van der Waals surface area contributed by atoms with Crippen molar-refractivity contribution in [2.45, 2.75) is 31.5 Å². The summed E-state index contributed by atoms with van der Waals surface area (Å²) in [4.78, 5) is 13.1. The number of fused-ring (bicyclic) bond motifs is 2. The van der Waals surface area contributed by atoms with Gasteiger partial charge in [0.2, 0.25) is 0 Å². The second kappa shape index (κ2) is 5.44. The van der Waals surface area contributed by atoms with Gasteiger partial charge in [0.1, 0.15) is 0 Å². The summed E-state index contributed by atoms with van der Waals surface area (Å²) in [5.41, 5.74) is 4.29. The molecule has 5 heteroatoms. The highest BCUT2D eigenvalue weighted by molar-refractivity contribution is 5.47. The highest BCUT2D eigenvalue weighted by Crippen LogP contribution is 2.37. The minimum Gasteiger partial charge on any atom is -0.387 e. The van der Waals surface area contributed by atoms with E-state index in [1.807, 2.05) is 24.3 Å². The Bertz CT molecular complexity index is 775. The molecule has 5 nitrogen and oxygen atoms in total. The maximum absolute atomic E-state index is 11.2. The fourth-order valence-corrected chi connectivity index (χ4v) is 3.95. The SMILES string of the molecule is O=[N+]([O-])c1cccc2c1CCN(C1Cc3ccccc3C1O)C2. The summed E-state index contributed by atoms with van der Waals surface area (Å²) in [5.74, 6) is 0. The molecular weight excluding hydrogens is 292 g/mol. The number of nitro benzene ring substituents is 1. The highest BCUT2D eigenvalue weighted by atomic mass is 16.6. The van der Waals surface area contributed by atoms with E-state index in [-0.39, 0.29) is 16.7 Å². The van der Waals surface area contributed by atoms with Crippen LogP contribution in [0.5, 0.6) is 0 Å². The molecule has 1 aliphatic heterocycles. The first-order valence-corrected chi connectivity index (χ1v) is 7.90. The van der Waals surface area contributed by atoms with Gasteiger partial charge in [-0.2, -0.15) is 0 Å². The van der Waals surface area contributed by atoms with Crippen molar-refractivity contribution in [3.63, 3.8) is 0 Å². The number of benzene rings is 2. The van der Waals surface area contributed by atoms with E-state index < -0.39 is 6.10 Å². The molecule has 4 rings (SSSR count). The third kappa shape index (κ3) is 2.33. The van der Waals surface area contributed by atoms with Crippen LogP contribution in [0.1, 0.15) is 28.4 Å². The Morgan fingerprint density at radius 1 is 1.13 bits per heavy atom. The van der Waals surface area contributed by atoms with Gasteiger partial charge < -0.3 is 5.11 Å². The number of nitro groups is 1. The van der Waals surface area contributed by atoms with Gasteiger partial charge in [-0.3, -0.25) is 15.0 Å². The smallest absolute Gasteiger partial charge is 0.272 e. The number of rotatable bonds is 2. The van der Waals surface area contributed by atoms with Gasteiger partial charge in [-0.25, -0.2) is 0 Å². The number of aliphatic hydroxyl groups is 1. The number of nitrogens with zero attached hydrogens (tertiary/aromatic N) is 2. The molecule has 118 valence electrons. The monoisotopic (exact) mass is 310 g/mol. The van der Waals surface area contributed by atoms with Gasteiger partial charge in [-0.05, 0) is 29.5 Å². The third-order valence-electron chi connectivity index (χ3n) is 5.10. The van der Waals surface area contributed by atoms with E-state index in [0.29, 0.717) is 13.0 Å². The van der Waals surface area contributed by atoms with Crippen LogP contribution in [0.4, 0.5) is 5.69 Å². The Balaban J connectivity index is 1.60. The van der Waals surface area contributed by atoms with Gasteiger partial charge in [0, 0.05) is 30.8 Å². The van der Waals surface area contributed by atoms with Crippen molar-refractivity contribution < 1.29 is 10.0 Å². The summed E-state index contributed by atoms with van der Waals surface area (Å²) >= 11 is 0. The topological polar surface area (TPSA) is 66.6 Å². The van der Waals surface area contributed by atoms with Crippen molar-refractivity contribution >= 4 is 5.69 Å². The van der Waals surface area contributed by atoms with Crippen LogP contribution < -0.4 is 0 Å². The Kier molecular flexibility index (Phi) is 3.39. The summed E-state index contributed by atoms with van der Waals surface area (Å²) in [6.45, 7) is 1.40. The first kappa shape index (κ1) is 14.4. The van der Waals surface area contributed by atoms with E-state index >= 15 is 0 Å². The largest absolute Gasteiger partial charge is 0.387 e. The van der Waals surface area contributed by atoms with Crippen LogP contribution >= 0.6 is 0 Å². The Morgan fingerprint density at radius 2 is 1.91 bits per heavy atom. The third-order valence-corrected chi connectivity index (χ3v) is 5.10. The zero-order valence-corrected chi connectivity index (χ0v) is 12.7. The molecule has 0 spiro atoms. The van der Waals surface area contributed by atoms with E-state index in [1.165, 1.54) is 5.56 Å². The van der Waals surface area contributed by atoms with Gasteiger partial charge in [-0.15, -0.1) is 0 Å². The van der Waals surface area contributed by atoms with Gasteiger partial charge in [-0.1, -0.05) is 36.4 Å². The van der Waals surface area contributed by atoms with Crippen molar-refractivity contribution in [3.8, 4) is 0 Å². The molecule has 2 aromatic rings. The maximum Gasteiger partial charge on any atom is 0.272 e. The first-order valence-electron chi connectivity index (χ1n) is 7.90. The lowest BCUT2D eigenvalue weighted by atomic mass is 9.96. The molecule has 1 aliphatic carbocycles. The molecule has 0 saturated heterocycles. The van der Waals surface area contributed by atoms with Crippen LogP contribution in [0, 0.1) is 10.1 Å². The summed E-state index contributed by atoms with van der Waals surface area (Å²) in [6, 6.07) is 13.4. The first-order chi connectivity index (χ1) is 11.1. The van der Waals surface area contributed by atoms with E-state index in [9.17, 15) is 15.2 Å². The van der Waals surface area contributed by atoms with E-state index in [1.54, 1.807) is 12.1 Å². The summed E-state index contributed by atoms with van der Waals surface area (Å²) in [5, 5.41) is 21.8. The molecule has 2 unspecified atom stereocenters.